The minimum absolute atomic E-state index is 0.311. The Bertz CT molecular complexity index is 572. The normalized spacial score (nSPS) is 9.95. The van der Waals surface area contributed by atoms with Crippen LogP contribution in [0.25, 0.3) is 0 Å². The molecule has 2 rings (SSSR count). The van der Waals surface area contributed by atoms with Gasteiger partial charge in [0.05, 0.1) is 12.8 Å². The number of hydrogen-bond acceptors (Lipinski definition) is 5. The number of nitrogens with one attached hydrogen (secondary N) is 1. The molecule has 6 heteroatoms. The Kier molecular flexibility index (Phi) is 3.92. The van der Waals surface area contributed by atoms with Crippen LogP contribution >= 0.6 is 0 Å². The lowest BCUT2D eigenvalue weighted by atomic mass is 10.1. The predicted octanol–water partition coefficient (Wildman–Crippen LogP) is 1.71. The highest BCUT2D eigenvalue weighted by molar-refractivity contribution is 6.04. The van der Waals surface area contributed by atoms with E-state index in [2.05, 4.69) is 15.3 Å². The zero-order chi connectivity index (χ0) is 13.7. The Morgan fingerprint density at radius 1 is 1.37 bits per heavy atom. The topological polar surface area (TPSA) is 90.1 Å². The van der Waals surface area contributed by atoms with E-state index in [9.17, 15) is 4.79 Å². The average Bonchev–Trinajstić information content (AvgIpc) is 2.39. The lowest BCUT2D eigenvalue weighted by Crippen LogP contribution is -2.13. The van der Waals surface area contributed by atoms with Crippen molar-refractivity contribution in [2.24, 2.45) is 0 Å². The van der Waals surface area contributed by atoms with E-state index in [-0.39, 0.29) is 5.91 Å². The van der Waals surface area contributed by atoms with Gasteiger partial charge in [0.25, 0.3) is 5.91 Å². The van der Waals surface area contributed by atoms with Gasteiger partial charge in [0.2, 0.25) is 0 Å². The van der Waals surface area contributed by atoms with Crippen LogP contribution in [0.2, 0.25) is 0 Å². The fourth-order valence-electron chi connectivity index (χ4n) is 1.56. The highest BCUT2D eigenvalue weighted by atomic mass is 16.5. The molecule has 19 heavy (non-hydrogen) atoms. The van der Waals surface area contributed by atoms with E-state index in [0.29, 0.717) is 29.4 Å². The lowest BCUT2D eigenvalue weighted by Gasteiger charge is -2.08. The number of carbonyl (C=O) groups excluding carboxylic acids is 1. The molecular weight excluding hydrogens is 244 g/mol. The first-order valence-electron chi connectivity index (χ1n) is 5.79. The molecule has 0 fully saturated rings. The zero-order valence-corrected chi connectivity index (χ0v) is 10.5. The molecule has 1 aromatic heterocycles. The molecule has 1 heterocycles. The van der Waals surface area contributed by atoms with Gasteiger partial charge in [0.1, 0.15) is 5.75 Å². The predicted molar refractivity (Wildman–Crippen MR) is 72.0 cm³/mol. The van der Waals surface area contributed by atoms with Crippen molar-refractivity contribution in [1.29, 1.82) is 0 Å². The Hall–Kier alpha value is -2.63. The fraction of sp³-hybridized carbons (Fsp3) is 0.154. The summed E-state index contributed by atoms with van der Waals surface area (Å²) >= 11 is 0. The third kappa shape index (κ3) is 3.41. The molecule has 0 saturated heterocycles. The molecule has 98 valence electrons. The average molecular weight is 258 g/mol. The number of nitrogen functional groups attached to an aromatic ring is 1. The number of amides is 1. The van der Waals surface area contributed by atoms with Crippen molar-refractivity contribution in [3.63, 3.8) is 0 Å². The quantitative estimate of drug-likeness (QED) is 0.815. The van der Waals surface area contributed by atoms with Crippen LogP contribution in [-0.4, -0.2) is 22.5 Å². The highest BCUT2D eigenvalue weighted by Gasteiger charge is 2.09. The van der Waals surface area contributed by atoms with Crippen molar-refractivity contribution in [2.45, 2.75) is 6.92 Å². The summed E-state index contributed by atoms with van der Waals surface area (Å²) in [6.45, 7) is 2.37. The van der Waals surface area contributed by atoms with Gasteiger partial charge in [-0.3, -0.25) is 9.78 Å². The summed E-state index contributed by atoms with van der Waals surface area (Å²) in [5.41, 5.74) is 6.61. The van der Waals surface area contributed by atoms with E-state index in [1.54, 1.807) is 18.2 Å². The molecule has 0 unspecified atom stereocenters. The van der Waals surface area contributed by atoms with Crippen LogP contribution in [0, 0.1) is 0 Å². The van der Waals surface area contributed by atoms with Crippen LogP contribution in [-0.2, 0) is 0 Å². The maximum atomic E-state index is 12.0. The Labute approximate surface area is 110 Å². The number of nitrogens with zero attached hydrogens (tertiary/aromatic N) is 2. The summed E-state index contributed by atoms with van der Waals surface area (Å²) in [6.07, 6.45) is 4.50. The van der Waals surface area contributed by atoms with E-state index in [1.165, 1.54) is 18.6 Å². The summed E-state index contributed by atoms with van der Waals surface area (Å²) in [5.74, 6) is 0.633. The minimum atomic E-state index is -0.311. The third-order valence-electron chi connectivity index (χ3n) is 2.31. The van der Waals surface area contributed by atoms with Crippen LogP contribution < -0.4 is 15.8 Å². The van der Waals surface area contributed by atoms with Gasteiger partial charge >= 0.3 is 0 Å². The van der Waals surface area contributed by atoms with Gasteiger partial charge < -0.3 is 15.8 Å². The van der Waals surface area contributed by atoms with Crippen LogP contribution in [0.4, 0.5) is 11.5 Å². The van der Waals surface area contributed by atoms with Crippen LogP contribution in [0.3, 0.4) is 0 Å². The minimum Gasteiger partial charge on any atom is -0.494 e. The first-order valence-corrected chi connectivity index (χ1v) is 5.79. The molecule has 0 aliphatic heterocycles. The van der Waals surface area contributed by atoms with Crippen molar-refractivity contribution in [3.05, 3.63) is 42.4 Å². The van der Waals surface area contributed by atoms with Gasteiger partial charge in [0, 0.05) is 29.7 Å². The zero-order valence-electron chi connectivity index (χ0n) is 10.5. The molecule has 2 aromatic rings. The monoisotopic (exact) mass is 258 g/mol. The standard InChI is InChI=1S/C13H14N4O2/c1-2-19-11-6-9(5-10(14)7-11)13(18)17-12-8-15-3-4-16-12/h3-8H,2,14H2,1H3,(H,16,17,18). The van der Waals surface area contributed by atoms with Crippen molar-refractivity contribution in [3.8, 4) is 5.75 Å². The van der Waals surface area contributed by atoms with Crippen LogP contribution in [0.5, 0.6) is 5.75 Å². The molecule has 0 aliphatic rings. The van der Waals surface area contributed by atoms with Gasteiger partial charge in [0.15, 0.2) is 5.82 Å². The van der Waals surface area contributed by atoms with Gasteiger partial charge in [-0.25, -0.2) is 4.98 Å². The SMILES string of the molecule is CCOc1cc(N)cc(C(=O)Nc2cnccn2)c1. The molecule has 3 N–H and O–H groups in total. The highest BCUT2D eigenvalue weighted by Crippen LogP contribution is 2.19. The Balaban J connectivity index is 2.19. The number of carbonyl (C=O) groups is 1. The second-order valence-electron chi connectivity index (χ2n) is 3.77. The summed E-state index contributed by atoms with van der Waals surface area (Å²) in [6, 6.07) is 4.88. The second kappa shape index (κ2) is 5.81. The largest absolute Gasteiger partial charge is 0.494 e. The molecule has 1 aromatic carbocycles. The first kappa shape index (κ1) is 12.8. The second-order valence-corrected chi connectivity index (χ2v) is 3.77. The first-order chi connectivity index (χ1) is 9.19. The van der Waals surface area contributed by atoms with E-state index >= 15 is 0 Å². The number of hydrogen-bond donors (Lipinski definition) is 2. The van der Waals surface area contributed by atoms with Gasteiger partial charge in [-0.15, -0.1) is 0 Å². The Morgan fingerprint density at radius 3 is 2.89 bits per heavy atom. The maximum Gasteiger partial charge on any atom is 0.257 e. The van der Waals surface area contributed by atoms with Crippen LogP contribution in [0.15, 0.2) is 36.8 Å². The number of nitrogens with two attached hydrogens (primary N) is 1. The lowest BCUT2D eigenvalue weighted by molar-refractivity contribution is 0.102. The molecular formula is C13H14N4O2. The number of rotatable bonds is 4. The Morgan fingerprint density at radius 2 is 2.21 bits per heavy atom. The van der Waals surface area contributed by atoms with Crippen molar-refractivity contribution in [2.75, 3.05) is 17.7 Å². The van der Waals surface area contributed by atoms with E-state index in [1.807, 2.05) is 6.92 Å². The molecule has 0 bridgehead atoms. The number of benzene rings is 1. The molecule has 0 atom stereocenters. The third-order valence-corrected chi connectivity index (χ3v) is 2.31. The number of aromatic nitrogens is 2. The number of anilines is 2. The summed E-state index contributed by atoms with van der Waals surface area (Å²) < 4.78 is 5.34. The molecule has 6 nitrogen and oxygen atoms in total. The molecule has 0 aliphatic carbocycles. The number of ether oxygens (including phenoxy) is 1. The van der Waals surface area contributed by atoms with Crippen molar-refractivity contribution in [1.82, 2.24) is 9.97 Å². The maximum absolute atomic E-state index is 12.0. The molecule has 1 amide bonds. The van der Waals surface area contributed by atoms with E-state index < -0.39 is 0 Å². The summed E-state index contributed by atoms with van der Waals surface area (Å²) in [7, 11) is 0. The summed E-state index contributed by atoms with van der Waals surface area (Å²) in [4.78, 5) is 19.9. The van der Waals surface area contributed by atoms with Crippen molar-refractivity contribution >= 4 is 17.4 Å². The molecule has 0 radical (unpaired) electrons. The van der Waals surface area contributed by atoms with Crippen LogP contribution in [0.1, 0.15) is 17.3 Å². The fourth-order valence-corrected chi connectivity index (χ4v) is 1.56. The molecule has 0 saturated carbocycles. The van der Waals surface area contributed by atoms with Gasteiger partial charge in [-0.2, -0.15) is 0 Å². The van der Waals surface area contributed by atoms with E-state index in [0.717, 1.165) is 0 Å². The van der Waals surface area contributed by atoms with Crippen molar-refractivity contribution < 1.29 is 9.53 Å². The molecule has 0 spiro atoms. The van der Waals surface area contributed by atoms with E-state index in [4.69, 9.17) is 10.5 Å². The van der Waals surface area contributed by atoms with Gasteiger partial charge in [-0.05, 0) is 19.1 Å². The smallest absolute Gasteiger partial charge is 0.257 e. The van der Waals surface area contributed by atoms with Gasteiger partial charge in [-0.1, -0.05) is 0 Å². The summed E-state index contributed by atoms with van der Waals surface area (Å²) in [5, 5.41) is 2.63.